The molecular weight excluding hydrogens is 889 g/mol. The molecule has 0 aliphatic rings. The number of thiophene rings is 2. The van der Waals surface area contributed by atoms with E-state index in [0.717, 1.165) is 87.4 Å². The van der Waals surface area contributed by atoms with E-state index in [1.54, 1.807) is 0 Å². The summed E-state index contributed by atoms with van der Waals surface area (Å²) in [5.74, 6) is 0. The second-order valence-corrected chi connectivity index (χ2v) is 20.4. The summed E-state index contributed by atoms with van der Waals surface area (Å²) in [5.41, 5.74) is 10.7. The SMILES string of the molecule is N#Cc1cc(-n2c3ccc(-c4ccc5sc6ccccc6c5c4)cc3c3c4ccccc4ccc32)c(C#N)cc1-n1c2ccc(-c3ccc4sc5ccccc5c4c3)cc2c2c3ccccc3ccc21. The first-order valence-corrected chi connectivity index (χ1v) is 25.0. The highest BCUT2D eigenvalue weighted by Crippen LogP contribution is 2.45. The normalized spacial score (nSPS) is 12.0. The average Bonchev–Trinajstić information content (AvgIpc) is 4.17. The van der Waals surface area contributed by atoms with E-state index in [2.05, 4.69) is 215 Å². The summed E-state index contributed by atoms with van der Waals surface area (Å²) < 4.78 is 9.50. The Morgan fingerprint density at radius 2 is 0.657 bits per heavy atom. The van der Waals surface area contributed by atoms with Crippen LogP contribution >= 0.6 is 22.7 Å². The summed E-state index contributed by atoms with van der Waals surface area (Å²) in [4.78, 5) is 0. The molecule has 4 aromatic heterocycles. The number of nitriles is 2. The van der Waals surface area contributed by atoms with Crippen LogP contribution in [0.4, 0.5) is 0 Å². The molecule has 0 atom stereocenters. The van der Waals surface area contributed by atoms with E-state index in [0.29, 0.717) is 22.5 Å². The second-order valence-electron chi connectivity index (χ2n) is 18.2. The van der Waals surface area contributed by atoms with Crippen molar-refractivity contribution >= 4 is 128 Å². The molecular formula is C64H34N4S2. The summed E-state index contributed by atoms with van der Waals surface area (Å²) in [5, 5.41) is 36.5. The summed E-state index contributed by atoms with van der Waals surface area (Å²) in [6, 6.07) is 78.9. The van der Waals surface area contributed by atoms with Crippen molar-refractivity contribution in [1.29, 1.82) is 10.5 Å². The molecule has 11 aromatic carbocycles. The van der Waals surface area contributed by atoms with Crippen LogP contribution in [0.25, 0.3) is 139 Å². The van der Waals surface area contributed by atoms with E-state index in [4.69, 9.17) is 0 Å². The van der Waals surface area contributed by atoms with Crippen LogP contribution in [0.2, 0.25) is 0 Å². The maximum Gasteiger partial charge on any atom is 0.101 e. The Morgan fingerprint density at radius 3 is 1.10 bits per heavy atom. The smallest absolute Gasteiger partial charge is 0.101 e. The first-order valence-electron chi connectivity index (χ1n) is 23.3. The highest BCUT2D eigenvalue weighted by Gasteiger charge is 2.23. The van der Waals surface area contributed by atoms with E-state index < -0.39 is 0 Å². The van der Waals surface area contributed by atoms with Crippen LogP contribution in [-0.4, -0.2) is 9.13 Å². The Morgan fingerprint density at radius 1 is 0.300 bits per heavy atom. The maximum atomic E-state index is 11.3. The number of benzene rings is 11. The fraction of sp³-hybridized carbons (Fsp3) is 0. The third-order valence-corrected chi connectivity index (χ3v) is 16.9. The average molecular weight is 923 g/mol. The van der Waals surface area contributed by atoms with E-state index in [9.17, 15) is 10.5 Å². The van der Waals surface area contributed by atoms with Crippen LogP contribution in [0, 0.1) is 22.7 Å². The molecule has 0 amide bonds. The fourth-order valence-electron chi connectivity index (χ4n) is 11.4. The second kappa shape index (κ2) is 14.7. The Hall–Kier alpha value is -9.04. The molecule has 0 aliphatic carbocycles. The van der Waals surface area contributed by atoms with Crippen LogP contribution < -0.4 is 0 Å². The molecule has 322 valence electrons. The quantitative estimate of drug-likeness (QED) is 0.177. The van der Waals surface area contributed by atoms with Crippen molar-refractivity contribution in [3.05, 3.63) is 217 Å². The molecule has 4 nitrogen and oxygen atoms in total. The molecule has 0 N–H and O–H groups in total. The van der Waals surface area contributed by atoms with Crippen molar-refractivity contribution in [3.63, 3.8) is 0 Å². The molecule has 0 radical (unpaired) electrons. The fourth-order valence-corrected chi connectivity index (χ4v) is 13.6. The zero-order valence-electron chi connectivity index (χ0n) is 37.2. The van der Waals surface area contributed by atoms with Gasteiger partial charge in [-0.1, -0.05) is 121 Å². The Balaban J connectivity index is 0.951. The van der Waals surface area contributed by atoms with Crippen molar-refractivity contribution in [1.82, 2.24) is 9.13 Å². The third-order valence-electron chi connectivity index (χ3n) is 14.6. The Kier molecular flexibility index (Phi) is 8.21. The first-order chi connectivity index (χ1) is 34.6. The summed E-state index contributed by atoms with van der Waals surface area (Å²) in [7, 11) is 0. The molecule has 0 unspecified atom stereocenters. The summed E-state index contributed by atoms with van der Waals surface area (Å²) >= 11 is 3.65. The van der Waals surface area contributed by atoms with Crippen molar-refractivity contribution < 1.29 is 0 Å². The lowest BCUT2D eigenvalue weighted by atomic mass is 9.99. The molecule has 6 heteroatoms. The van der Waals surface area contributed by atoms with Gasteiger partial charge in [0.15, 0.2) is 0 Å². The van der Waals surface area contributed by atoms with Gasteiger partial charge in [0, 0.05) is 61.9 Å². The lowest BCUT2D eigenvalue weighted by molar-refractivity contribution is 1.12. The lowest BCUT2D eigenvalue weighted by Gasteiger charge is -2.16. The minimum absolute atomic E-state index is 0.475. The topological polar surface area (TPSA) is 57.4 Å². The molecule has 0 saturated heterocycles. The predicted molar refractivity (Wildman–Crippen MR) is 296 cm³/mol. The van der Waals surface area contributed by atoms with Gasteiger partial charge in [0.1, 0.15) is 12.1 Å². The van der Waals surface area contributed by atoms with E-state index >= 15 is 0 Å². The standard InChI is InChI=1S/C64H34N4S2/c65-35-43-34-58(68-54-24-20-40(32-52(54)64-46-12-4-2-10-38(46)18-26-56(64)68)42-22-28-62-50(30-42)48-14-6-8-16-60(48)70-62)44(36-66)33-57(43)67-53-23-19-39(31-51(53)63-45-11-3-1-9-37(45)17-25-55(63)67)41-21-27-61-49(29-41)47-13-5-7-15-59(47)69-61/h1-34H. The number of hydrogen-bond donors (Lipinski definition) is 0. The van der Waals surface area contributed by atoms with Crippen molar-refractivity contribution in [3.8, 4) is 45.8 Å². The molecule has 15 rings (SSSR count). The molecule has 0 aliphatic heterocycles. The highest BCUT2D eigenvalue weighted by molar-refractivity contribution is 7.26. The minimum Gasteiger partial charge on any atom is -0.308 e. The van der Waals surface area contributed by atoms with Gasteiger partial charge in [-0.25, -0.2) is 0 Å². The largest absolute Gasteiger partial charge is 0.308 e. The lowest BCUT2D eigenvalue weighted by Crippen LogP contribution is -2.04. The van der Waals surface area contributed by atoms with Gasteiger partial charge in [0.05, 0.1) is 44.6 Å². The van der Waals surface area contributed by atoms with E-state index in [1.807, 2.05) is 34.8 Å². The molecule has 0 spiro atoms. The molecule has 0 bridgehead atoms. The van der Waals surface area contributed by atoms with Crippen molar-refractivity contribution in [2.45, 2.75) is 0 Å². The number of fused-ring (bicyclic) bond motifs is 16. The zero-order valence-corrected chi connectivity index (χ0v) is 38.9. The predicted octanol–water partition coefficient (Wildman–Crippen LogP) is 18.0. The van der Waals surface area contributed by atoms with Gasteiger partial charge in [-0.05, 0) is 129 Å². The van der Waals surface area contributed by atoms with Gasteiger partial charge in [0.25, 0.3) is 0 Å². The molecule has 0 fully saturated rings. The van der Waals surface area contributed by atoms with Crippen molar-refractivity contribution in [2.75, 3.05) is 0 Å². The number of hydrogen-bond acceptors (Lipinski definition) is 4. The van der Waals surface area contributed by atoms with Crippen LogP contribution in [-0.2, 0) is 0 Å². The summed E-state index contributed by atoms with van der Waals surface area (Å²) in [6.07, 6.45) is 0. The van der Waals surface area contributed by atoms with Gasteiger partial charge in [-0.3, -0.25) is 0 Å². The summed E-state index contributed by atoms with van der Waals surface area (Å²) in [6.45, 7) is 0. The molecule has 15 aromatic rings. The zero-order chi connectivity index (χ0) is 46.2. The Bertz CT molecular complexity index is 4560. The van der Waals surface area contributed by atoms with Gasteiger partial charge < -0.3 is 9.13 Å². The van der Waals surface area contributed by atoms with E-state index in [1.165, 1.54) is 40.3 Å². The van der Waals surface area contributed by atoms with Crippen LogP contribution in [0.15, 0.2) is 206 Å². The number of aromatic nitrogens is 2. The first kappa shape index (κ1) is 39.0. The van der Waals surface area contributed by atoms with Crippen LogP contribution in [0.1, 0.15) is 11.1 Å². The Labute approximate surface area is 408 Å². The van der Waals surface area contributed by atoms with Crippen molar-refractivity contribution in [2.24, 2.45) is 0 Å². The van der Waals surface area contributed by atoms with Crippen LogP contribution in [0.5, 0.6) is 0 Å². The third kappa shape index (κ3) is 5.55. The maximum absolute atomic E-state index is 11.3. The molecule has 0 saturated carbocycles. The van der Waals surface area contributed by atoms with Gasteiger partial charge in [-0.15, -0.1) is 22.7 Å². The highest BCUT2D eigenvalue weighted by atomic mass is 32.1. The number of nitrogens with zero attached hydrogens (tertiary/aromatic N) is 4. The molecule has 4 heterocycles. The van der Waals surface area contributed by atoms with Gasteiger partial charge in [0.2, 0.25) is 0 Å². The monoisotopic (exact) mass is 922 g/mol. The van der Waals surface area contributed by atoms with Gasteiger partial charge in [-0.2, -0.15) is 10.5 Å². The van der Waals surface area contributed by atoms with Crippen LogP contribution in [0.3, 0.4) is 0 Å². The minimum atomic E-state index is 0.475. The van der Waals surface area contributed by atoms with Gasteiger partial charge >= 0.3 is 0 Å². The number of rotatable bonds is 4. The molecule has 70 heavy (non-hydrogen) atoms. The van der Waals surface area contributed by atoms with E-state index in [-0.39, 0.29) is 0 Å².